The Kier molecular flexibility index (Phi) is 4.34. The van der Waals surface area contributed by atoms with Crippen LogP contribution < -0.4 is 11.1 Å². The average molecular weight is 256 g/mol. The molecule has 0 saturated carbocycles. The Bertz CT molecular complexity index is 534. The minimum atomic E-state index is 0.557. The zero-order valence-corrected chi connectivity index (χ0v) is 11.5. The molecular formula is C15H20N4. The van der Waals surface area contributed by atoms with Gasteiger partial charge in [0.1, 0.15) is 18.0 Å². The van der Waals surface area contributed by atoms with Gasteiger partial charge >= 0.3 is 0 Å². The summed E-state index contributed by atoms with van der Waals surface area (Å²) in [4.78, 5) is 8.27. The van der Waals surface area contributed by atoms with Crippen molar-refractivity contribution in [2.45, 2.75) is 33.2 Å². The molecule has 19 heavy (non-hydrogen) atoms. The van der Waals surface area contributed by atoms with E-state index in [2.05, 4.69) is 53.4 Å². The standard InChI is InChI=1S/C15H20N4/c1-3-11-5-7-12(8-6-11)9-17-15-13(4-2)14(16)18-10-19-15/h5-8,10H,3-4,9H2,1-2H3,(H3,16,17,18,19). The van der Waals surface area contributed by atoms with E-state index in [0.29, 0.717) is 5.82 Å². The van der Waals surface area contributed by atoms with Crippen molar-refractivity contribution in [3.05, 3.63) is 47.3 Å². The number of nitrogens with one attached hydrogen (secondary N) is 1. The second-order valence-electron chi connectivity index (χ2n) is 4.46. The summed E-state index contributed by atoms with van der Waals surface area (Å²) in [6, 6.07) is 8.60. The first-order valence-electron chi connectivity index (χ1n) is 6.65. The lowest BCUT2D eigenvalue weighted by molar-refractivity contribution is 1.02. The summed E-state index contributed by atoms with van der Waals surface area (Å²) in [5, 5.41) is 3.33. The number of hydrogen-bond donors (Lipinski definition) is 2. The first-order valence-corrected chi connectivity index (χ1v) is 6.65. The molecule has 1 aromatic carbocycles. The molecule has 1 heterocycles. The van der Waals surface area contributed by atoms with Crippen molar-refractivity contribution in [2.24, 2.45) is 0 Å². The molecule has 0 unspecified atom stereocenters. The highest BCUT2D eigenvalue weighted by Gasteiger charge is 2.06. The van der Waals surface area contributed by atoms with E-state index < -0.39 is 0 Å². The lowest BCUT2D eigenvalue weighted by Gasteiger charge is -2.11. The number of nitrogens with zero attached hydrogens (tertiary/aromatic N) is 2. The molecule has 3 N–H and O–H groups in total. The first-order chi connectivity index (χ1) is 9.24. The summed E-state index contributed by atoms with van der Waals surface area (Å²) in [5.41, 5.74) is 9.41. The number of aromatic nitrogens is 2. The molecule has 4 heteroatoms. The zero-order valence-electron chi connectivity index (χ0n) is 11.5. The van der Waals surface area contributed by atoms with Gasteiger partial charge in [-0.25, -0.2) is 9.97 Å². The van der Waals surface area contributed by atoms with Gasteiger partial charge in [-0.3, -0.25) is 0 Å². The molecule has 2 rings (SSSR count). The van der Waals surface area contributed by atoms with Gasteiger partial charge < -0.3 is 11.1 Å². The summed E-state index contributed by atoms with van der Waals surface area (Å²) in [7, 11) is 0. The largest absolute Gasteiger partial charge is 0.383 e. The molecule has 0 fully saturated rings. The Morgan fingerprint density at radius 1 is 1.00 bits per heavy atom. The van der Waals surface area contributed by atoms with Crippen molar-refractivity contribution in [2.75, 3.05) is 11.1 Å². The summed E-state index contributed by atoms with van der Waals surface area (Å²) in [6.45, 7) is 4.95. The van der Waals surface area contributed by atoms with Gasteiger partial charge in [0, 0.05) is 12.1 Å². The maximum Gasteiger partial charge on any atom is 0.134 e. The third-order valence-electron chi connectivity index (χ3n) is 3.22. The Morgan fingerprint density at radius 2 is 1.68 bits per heavy atom. The minimum absolute atomic E-state index is 0.557. The highest BCUT2D eigenvalue weighted by molar-refractivity contribution is 5.55. The van der Waals surface area contributed by atoms with E-state index in [1.165, 1.54) is 17.5 Å². The second-order valence-corrected chi connectivity index (χ2v) is 4.46. The maximum atomic E-state index is 5.85. The van der Waals surface area contributed by atoms with Crippen molar-refractivity contribution in [3.63, 3.8) is 0 Å². The molecule has 0 bridgehead atoms. The van der Waals surface area contributed by atoms with E-state index in [4.69, 9.17) is 5.73 Å². The molecule has 0 amide bonds. The third-order valence-corrected chi connectivity index (χ3v) is 3.22. The summed E-state index contributed by atoms with van der Waals surface area (Å²) in [6.07, 6.45) is 3.39. The van der Waals surface area contributed by atoms with Crippen LogP contribution in [0.5, 0.6) is 0 Å². The van der Waals surface area contributed by atoms with Crippen LogP contribution in [0.3, 0.4) is 0 Å². The van der Waals surface area contributed by atoms with Crippen molar-refractivity contribution in [3.8, 4) is 0 Å². The molecule has 0 aliphatic rings. The van der Waals surface area contributed by atoms with E-state index in [9.17, 15) is 0 Å². The Morgan fingerprint density at radius 3 is 2.32 bits per heavy atom. The molecule has 0 saturated heterocycles. The Hall–Kier alpha value is -2.10. The molecular weight excluding hydrogens is 236 g/mol. The Labute approximate surface area is 114 Å². The van der Waals surface area contributed by atoms with Crippen molar-refractivity contribution < 1.29 is 0 Å². The van der Waals surface area contributed by atoms with Crippen molar-refractivity contribution in [1.82, 2.24) is 9.97 Å². The topological polar surface area (TPSA) is 63.8 Å². The summed E-state index contributed by atoms with van der Waals surface area (Å²) >= 11 is 0. The molecule has 0 aliphatic carbocycles. The summed E-state index contributed by atoms with van der Waals surface area (Å²) < 4.78 is 0. The minimum Gasteiger partial charge on any atom is -0.383 e. The van der Waals surface area contributed by atoms with Crippen LogP contribution in [0.25, 0.3) is 0 Å². The van der Waals surface area contributed by atoms with E-state index in [1.54, 1.807) is 0 Å². The molecule has 0 radical (unpaired) electrons. The third kappa shape index (κ3) is 3.22. The van der Waals surface area contributed by atoms with Crippen molar-refractivity contribution in [1.29, 1.82) is 0 Å². The molecule has 4 nitrogen and oxygen atoms in total. The van der Waals surface area contributed by atoms with Gasteiger partial charge in [0.25, 0.3) is 0 Å². The number of anilines is 2. The fourth-order valence-corrected chi connectivity index (χ4v) is 2.01. The SMILES string of the molecule is CCc1ccc(CNc2ncnc(N)c2CC)cc1. The monoisotopic (exact) mass is 256 g/mol. The van der Waals surface area contributed by atoms with Crippen LogP contribution in [0, 0.1) is 0 Å². The summed E-state index contributed by atoms with van der Waals surface area (Å²) in [5.74, 6) is 1.39. The van der Waals surface area contributed by atoms with Gasteiger partial charge in [-0.15, -0.1) is 0 Å². The van der Waals surface area contributed by atoms with Gasteiger partial charge in [0.15, 0.2) is 0 Å². The fourth-order valence-electron chi connectivity index (χ4n) is 2.01. The Balaban J connectivity index is 2.07. The van der Waals surface area contributed by atoms with Gasteiger partial charge in [-0.1, -0.05) is 38.1 Å². The van der Waals surface area contributed by atoms with E-state index >= 15 is 0 Å². The number of aryl methyl sites for hydroxylation is 1. The highest BCUT2D eigenvalue weighted by atomic mass is 15.0. The van der Waals surface area contributed by atoms with Crippen LogP contribution in [-0.4, -0.2) is 9.97 Å². The van der Waals surface area contributed by atoms with Gasteiger partial charge in [0.2, 0.25) is 0 Å². The molecule has 0 atom stereocenters. The highest BCUT2D eigenvalue weighted by Crippen LogP contribution is 2.18. The van der Waals surface area contributed by atoms with Crippen molar-refractivity contribution >= 4 is 11.6 Å². The van der Waals surface area contributed by atoms with Crippen LogP contribution in [0.15, 0.2) is 30.6 Å². The van der Waals surface area contributed by atoms with Gasteiger partial charge in [0.05, 0.1) is 0 Å². The quantitative estimate of drug-likeness (QED) is 0.863. The van der Waals surface area contributed by atoms with Gasteiger partial charge in [-0.05, 0) is 24.0 Å². The number of nitrogen functional groups attached to an aromatic ring is 1. The normalized spacial score (nSPS) is 10.4. The zero-order chi connectivity index (χ0) is 13.7. The number of nitrogens with two attached hydrogens (primary N) is 1. The van der Waals surface area contributed by atoms with Crippen LogP contribution in [0.1, 0.15) is 30.5 Å². The predicted molar refractivity (Wildman–Crippen MR) is 79.0 cm³/mol. The van der Waals surface area contributed by atoms with E-state index in [0.717, 1.165) is 30.8 Å². The van der Waals surface area contributed by atoms with E-state index in [-0.39, 0.29) is 0 Å². The van der Waals surface area contributed by atoms with Crippen LogP contribution >= 0.6 is 0 Å². The molecule has 0 aliphatic heterocycles. The van der Waals surface area contributed by atoms with Gasteiger partial charge in [-0.2, -0.15) is 0 Å². The maximum absolute atomic E-state index is 5.85. The molecule has 2 aromatic rings. The van der Waals surface area contributed by atoms with Crippen LogP contribution in [-0.2, 0) is 19.4 Å². The molecule has 100 valence electrons. The molecule has 1 aromatic heterocycles. The van der Waals surface area contributed by atoms with Crippen LogP contribution in [0.2, 0.25) is 0 Å². The van der Waals surface area contributed by atoms with Crippen LogP contribution in [0.4, 0.5) is 11.6 Å². The second kappa shape index (κ2) is 6.18. The smallest absolute Gasteiger partial charge is 0.134 e. The lowest BCUT2D eigenvalue weighted by atomic mass is 10.1. The molecule has 0 spiro atoms. The number of benzene rings is 1. The fraction of sp³-hybridized carbons (Fsp3) is 0.333. The average Bonchev–Trinajstić information content (AvgIpc) is 2.45. The lowest BCUT2D eigenvalue weighted by Crippen LogP contribution is -2.07. The first kappa shape index (κ1) is 13.3. The number of rotatable bonds is 5. The number of hydrogen-bond acceptors (Lipinski definition) is 4. The predicted octanol–water partition coefficient (Wildman–Crippen LogP) is 2.80. The van der Waals surface area contributed by atoms with E-state index in [1.807, 2.05) is 0 Å².